The van der Waals surface area contributed by atoms with Gasteiger partial charge in [-0.05, 0) is 24.6 Å². The van der Waals surface area contributed by atoms with E-state index in [1.165, 1.54) is 13.2 Å². The molecule has 6 nitrogen and oxygen atoms in total. The Bertz CT molecular complexity index is 806. The number of halogens is 3. The molecule has 0 spiro atoms. The molecule has 0 atom stereocenters. The Morgan fingerprint density at radius 3 is 2.50 bits per heavy atom. The lowest BCUT2D eigenvalue weighted by Gasteiger charge is -2.18. The first-order valence-electron chi connectivity index (χ1n) is 6.67. The summed E-state index contributed by atoms with van der Waals surface area (Å²) in [5.41, 5.74) is -1.87. The van der Waals surface area contributed by atoms with Crippen LogP contribution in [0.4, 0.5) is 24.7 Å². The minimum atomic E-state index is -4.81. The summed E-state index contributed by atoms with van der Waals surface area (Å²) in [4.78, 5) is 27.4. The van der Waals surface area contributed by atoms with Crippen LogP contribution in [0.25, 0.3) is 0 Å². The predicted octanol–water partition coefficient (Wildman–Crippen LogP) is 3.59. The number of non-ortho nitro benzene ring substituents is 1. The lowest BCUT2D eigenvalue weighted by Crippen LogP contribution is -2.28. The number of alkyl halides is 3. The van der Waals surface area contributed by atoms with Crippen molar-refractivity contribution >= 4 is 17.4 Å². The van der Waals surface area contributed by atoms with E-state index in [-0.39, 0.29) is 5.82 Å². The van der Waals surface area contributed by atoms with Crippen LogP contribution < -0.4 is 4.90 Å². The Labute approximate surface area is 134 Å². The number of nitro groups is 1. The third-order valence-electron chi connectivity index (χ3n) is 3.31. The van der Waals surface area contributed by atoms with Crippen LogP contribution in [0.2, 0.25) is 0 Å². The molecule has 0 saturated heterocycles. The molecule has 0 radical (unpaired) electrons. The van der Waals surface area contributed by atoms with Crippen molar-refractivity contribution in [3.63, 3.8) is 0 Å². The topological polar surface area (TPSA) is 76.3 Å². The number of aryl methyl sites for hydroxylation is 1. The van der Waals surface area contributed by atoms with Crippen LogP contribution in [0.1, 0.15) is 21.5 Å². The second kappa shape index (κ2) is 6.26. The zero-order valence-electron chi connectivity index (χ0n) is 12.7. The average molecular weight is 339 g/mol. The quantitative estimate of drug-likeness (QED) is 0.632. The highest BCUT2D eigenvalue weighted by molar-refractivity contribution is 6.06. The number of aromatic nitrogens is 1. The maximum Gasteiger partial charge on any atom is 0.416 e. The fraction of sp³-hybridized carbons (Fsp3) is 0.200. The van der Waals surface area contributed by atoms with Gasteiger partial charge in [-0.1, -0.05) is 6.07 Å². The molecule has 0 aliphatic carbocycles. The third kappa shape index (κ3) is 3.50. The van der Waals surface area contributed by atoms with Gasteiger partial charge < -0.3 is 0 Å². The lowest BCUT2D eigenvalue weighted by atomic mass is 10.1. The highest BCUT2D eigenvalue weighted by Gasteiger charge is 2.34. The van der Waals surface area contributed by atoms with Crippen molar-refractivity contribution in [2.75, 3.05) is 11.9 Å². The maximum atomic E-state index is 12.9. The summed E-state index contributed by atoms with van der Waals surface area (Å²) in [7, 11) is 1.34. The van der Waals surface area contributed by atoms with Crippen LogP contribution in [-0.2, 0) is 6.18 Å². The van der Waals surface area contributed by atoms with Gasteiger partial charge in [0, 0.05) is 30.9 Å². The Balaban J connectivity index is 2.51. The summed E-state index contributed by atoms with van der Waals surface area (Å²) in [6.07, 6.45) is -3.37. The van der Waals surface area contributed by atoms with Gasteiger partial charge in [-0.3, -0.25) is 19.8 Å². The van der Waals surface area contributed by atoms with Gasteiger partial charge in [0.15, 0.2) is 0 Å². The van der Waals surface area contributed by atoms with E-state index in [4.69, 9.17) is 0 Å². The molecule has 0 aliphatic heterocycles. The van der Waals surface area contributed by atoms with Crippen LogP contribution >= 0.6 is 0 Å². The number of nitro benzene ring substituents is 1. The molecular weight excluding hydrogens is 327 g/mol. The first-order valence-corrected chi connectivity index (χ1v) is 6.67. The lowest BCUT2D eigenvalue weighted by molar-refractivity contribution is -0.385. The second-order valence-corrected chi connectivity index (χ2v) is 5.03. The number of nitrogens with zero attached hydrogens (tertiary/aromatic N) is 3. The molecule has 0 unspecified atom stereocenters. The molecule has 0 aliphatic rings. The van der Waals surface area contributed by atoms with E-state index in [2.05, 4.69) is 4.98 Å². The van der Waals surface area contributed by atoms with Crippen molar-refractivity contribution < 1.29 is 22.9 Å². The van der Waals surface area contributed by atoms with Crippen molar-refractivity contribution in [1.29, 1.82) is 0 Å². The van der Waals surface area contributed by atoms with E-state index in [9.17, 15) is 28.1 Å². The summed E-state index contributed by atoms with van der Waals surface area (Å²) >= 11 is 0. The molecule has 1 heterocycles. The number of anilines is 1. The SMILES string of the molecule is Cc1cccnc1N(C)C(=O)c1cc([N+](=O)[O-])cc(C(F)(F)F)c1. The number of pyridine rings is 1. The molecule has 0 N–H and O–H groups in total. The summed E-state index contributed by atoms with van der Waals surface area (Å²) in [6, 6.07) is 5.12. The van der Waals surface area contributed by atoms with Crippen molar-refractivity contribution in [2.45, 2.75) is 13.1 Å². The monoisotopic (exact) mass is 339 g/mol. The van der Waals surface area contributed by atoms with Crippen LogP contribution in [0, 0.1) is 17.0 Å². The van der Waals surface area contributed by atoms with Gasteiger partial charge >= 0.3 is 6.18 Å². The smallest absolute Gasteiger partial charge is 0.296 e. The van der Waals surface area contributed by atoms with E-state index in [0.29, 0.717) is 17.7 Å². The number of amides is 1. The number of benzene rings is 1. The summed E-state index contributed by atoms with van der Waals surface area (Å²) in [5.74, 6) is -0.575. The first-order chi connectivity index (χ1) is 11.1. The minimum absolute atomic E-state index is 0.252. The van der Waals surface area contributed by atoms with Crippen molar-refractivity contribution in [1.82, 2.24) is 4.98 Å². The highest BCUT2D eigenvalue weighted by atomic mass is 19.4. The summed E-state index contributed by atoms with van der Waals surface area (Å²) < 4.78 is 38.7. The van der Waals surface area contributed by atoms with Gasteiger partial charge in [0.2, 0.25) is 0 Å². The van der Waals surface area contributed by atoms with E-state index in [1.807, 2.05) is 0 Å². The van der Waals surface area contributed by atoms with E-state index in [1.54, 1.807) is 19.1 Å². The predicted molar refractivity (Wildman–Crippen MR) is 79.8 cm³/mol. The van der Waals surface area contributed by atoms with Crippen LogP contribution in [0.5, 0.6) is 0 Å². The first kappa shape index (κ1) is 17.4. The van der Waals surface area contributed by atoms with Gasteiger partial charge in [0.25, 0.3) is 11.6 Å². The normalized spacial score (nSPS) is 11.2. The molecule has 0 bridgehead atoms. The fourth-order valence-electron chi connectivity index (χ4n) is 2.12. The number of hydrogen-bond acceptors (Lipinski definition) is 4. The minimum Gasteiger partial charge on any atom is -0.296 e. The van der Waals surface area contributed by atoms with Crippen LogP contribution in [0.15, 0.2) is 36.5 Å². The molecule has 0 fully saturated rings. The standard InChI is InChI=1S/C15H12F3N3O3/c1-9-4-3-5-19-13(9)20(2)14(22)10-6-11(15(16,17)18)8-12(7-10)21(23)24/h3-8H,1-2H3. The number of rotatable bonds is 3. The van der Waals surface area contributed by atoms with E-state index < -0.39 is 33.8 Å². The number of hydrogen-bond donors (Lipinski definition) is 0. The molecule has 1 amide bonds. The number of carbonyl (C=O) groups is 1. The third-order valence-corrected chi connectivity index (χ3v) is 3.31. The van der Waals surface area contributed by atoms with Crippen molar-refractivity contribution in [3.05, 3.63) is 63.3 Å². The average Bonchev–Trinajstić information content (AvgIpc) is 2.52. The van der Waals surface area contributed by atoms with Crippen LogP contribution in [-0.4, -0.2) is 22.9 Å². The Kier molecular flexibility index (Phi) is 4.54. The van der Waals surface area contributed by atoms with Gasteiger partial charge in [0.05, 0.1) is 10.5 Å². The summed E-state index contributed by atoms with van der Waals surface area (Å²) in [5, 5.41) is 10.8. The maximum absolute atomic E-state index is 12.9. The largest absolute Gasteiger partial charge is 0.416 e. The molecule has 2 rings (SSSR count). The van der Waals surface area contributed by atoms with Gasteiger partial charge in [-0.25, -0.2) is 4.98 Å². The molecule has 126 valence electrons. The van der Waals surface area contributed by atoms with Gasteiger partial charge in [0.1, 0.15) is 5.82 Å². The Morgan fingerprint density at radius 1 is 1.29 bits per heavy atom. The molecule has 9 heteroatoms. The van der Waals surface area contributed by atoms with E-state index >= 15 is 0 Å². The molecule has 1 aromatic heterocycles. The van der Waals surface area contributed by atoms with Crippen LogP contribution in [0.3, 0.4) is 0 Å². The van der Waals surface area contributed by atoms with E-state index in [0.717, 1.165) is 11.0 Å². The van der Waals surface area contributed by atoms with Crippen molar-refractivity contribution in [2.24, 2.45) is 0 Å². The molecule has 0 saturated carbocycles. The Hall–Kier alpha value is -2.97. The highest BCUT2D eigenvalue weighted by Crippen LogP contribution is 2.33. The van der Waals surface area contributed by atoms with Gasteiger partial charge in [-0.15, -0.1) is 0 Å². The zero-order valence-corrected chi connectivity index (χ0v) is 12.7. The van der Waals surface area contributed by atoms with Crippen molar-refractivity contribution in [3.8, 4) is 0 Å². The fourth-order valence-corrected chi connectivity index (χ4v) is 2.12. The number of carbonyl (C=O) groups excluding carboxylic acids is 1. The summed E-state index contributed by atoms with van der Waals surface area (Å²) in [6.45, 7) is 1.68. The molecule has 1 aromatic carbocycles. The zero-order chi connectivity index (χ0) is 18.1. The Morgan fingerprint density at radius 2 is 1.96 bits per heavy atom. The molecule has 24 heavy (non-hydrogen) atoms. The molecule has 2 aromatic rings. The second-order valence-electron chi connectivity index (χ2n) is 5.03. The molecular formula is C15H12F3N3O3. The van der Waals surface area contributed by atoms with Gasteiger partial charge in [-0.2, -0.15) is 13.2 Å².